The summed E-state index contributed by atoms with van der Waals surface area (Å²) < 4.78 is 5.35. The third-order valence-corrected chi connectivity index (χ3v) is 2.18. The highest BCUT2D eigenvalue weighted by atomic mass is 16.5. The number of rotatable bonds is 1. The summed E-state index contributed by atoms with van der Waals surface area (Å²) in [5.74, 6) is 0. The van der Waals surface area contributed by atoms with Gasteiger partial charge in [-0.3, -0.25) is 4.98 Å². The van der Waals surface area contributed by atoms with E-state index in [2.05, 4.69) is 10.3 Å². The van der Waals surface area contributed by atoms with Crippen LogP contribution in [-0.2, 0) is 4.74 Å². The minimum Gasteiger partial charge on any atom is -0.397 e. The van der Waals surface area contributed by atoms with Gasteiger partial charge in [-0.25, -0.2) is 0 Å². The van der Waals surface area contributed by atoms with Crippen molar-refractivity contribution < 1.29 is 4.74 Å². The first kappa shape index (κ1) is 8.47. The highest BCUT2D eigenvalue weighted by molar-refractivity contribution is 5.45. The first-order valence-electron chi connectivity index (χ1n) is 4.38. The standard InChI is InChI=1S/C9H13N3O/c10-8-5-11-2-1-7(8)9-6-13-4-3-12-9/h1-2,5,9,12H,3-4,6,10H2. The molecular weight excluding hydrogens is 166 g/mol. The molecule has 1 fully saturated rings. The van der Waals surface area contributed by atoms with E-state index in [-0.39, 0.29) is 6.04 Å². The Morgan fingerprint density at radius 3 is 3.23 bits per heavy atom. The van der Waals surface area contributed by atoms with E-state index < -0.39 is 0 Å². The number of nitrogens with two attached hydrogens (primary N) is 1. The summed E-state index contributed by atoms with van der Waals surface area (Å²) in [5, 5.41) is 3.34. The van der Waals surface area contributed by atoms with Crippen LogP contribution in [0.15, 0.2) is 18.5 Å². The van der Waals surface area contributed by atoms with Gasteiger partial charge in [-0.2, -0.15) is 0 Å². The molecule has 1 aromatic heterocycles. The van der Waals surface area contributed by atoms with Crippen LogP contribution in [0.25, 0.3) is 0 Å². The van der Waals surface area contributed by atoms with E-state index in [0.717, 1.165) is 24.4 Å². The molecular formula is C9H13N3O. The van der Waals surface area contributed by atoms with Gasteiger partial charge in [0.1, 0.15) is 0 Å². The van der Waals surface area contributed by atoms with E-state index in [0.29, 0.717) is 6.61 Å². The Morgan fingerprint density at radius 1 is 1.62 bits per heavy atom. The maximum absolute atomic E-state index is 5.79. The third-order valence-electron chi connectivity index (χ3n) is 2.18. The Kier molecular flexibility index (Phi) is 2.42. The summed E-state index contributed by atoms with van der Waals surface area (Å²) in [6.45, 7) is 2.35. The average Bonchev–Trinajstić information content (AvgIpc) is 2.20. The lowest BCUT2D eigenvalue weighted by Crippen LogP contribution is -2.34. The third kappa shape index (κ3) is 1.79. The molecule has 1 aliphatic heterocycles. The molecule has 0 aromatic carbocycles. The monoisotopic (exact) mass is 179 g/mol. The molecule has 4 nitrogen and oxygen atoms in total. The lowest BCUT2D eigenvalue weighted by molar-refractivity contribution is 0.0770. The van der Waals surface area contributed by atoms with Gasteiger partial charge in [0, 0.05) is 12.7 Å². The van der Waals surface area contributed by atoms with Crippen LogP contribution in [0.5, 0.6) is 0 Å². The number of morpholine rings is 1. The van der Waals surface area contributed by atoms with Gasteiger partial charge in [0.15, 0.2) is 0 Å². The molecule has 0 bridgehead atoms. The molecule has 0 amide bonds. The predicted octanol–water partition coefficient (Wildman–Crippen LogP) is 0.325. The fourth-order valence-corrected chi connectivity index (χ4v) is 1.50. The van der Waals surface area contributed by atoms with E-state index in [1.165, 1.54) is 0 Å². The highest BCUT2D eigenvalue weighted by Crippen LogP contribution is 2.20. The fraction of sp³-hybridized carbons (Fsp3) is 0.444. The van der Waals surface area contributed by atoms with Gasteiger partial charge in [0.25, 0.3) is 0 Å². The molecule has 2 heterocycles. The van der Waals surface area contributed by atoms with Crippen molar-refractivity contribution in [1.82, 2.24) is 10.3 Å². The van der Waals surface area contributed by atoms with Gasteiger partial charge < -0.3 is 15.8 Å². The molecule has 0 spiro atoms. The van der Waals surface area contributed by atoms with Crippen molar-refractivity contribution in [3.8, 4) is 0 Å². The second-order valence-corrected chi connectivity index (χ2v) is 3.09. The van der Waals surface area contributed by atoms with Crippen molar-refractivity contribution >= 4 is 5.69 Å². The predicted molar refractivity (Wildman–Crippen MR) is 50.2 cm³/mol. The van der Waals surface area contributed by atoms with Crippen LogP contribution in [0, 0.1) is 0 Å². The minimum absolute atomic E-state index is 0.219. The molecule has 1 atom stereocenters. The second kappa shape index (κ2) is 3.72. The van der Waals surface area contributed by atoms with E-state index in [4.69, 9.17) is 10.5 Å². The van der Waals surface area contributed by atoms with Crippen molar-refractivity contribution in [2.45, 2.75) is 6.04 Å². The second-order valence-electron chi connectivity index (χ2n) is 3.09. The van der Waals surface area contributed by atoms with Crippen molar-refractivity contribution in [1.29, 1.82) is 0 Å². The minimum atomic E-state index is 0.219. The number of ether oxygens (including phenoxy) is 1. The van der Waals surface area contributed by atoms with Crippen LogP contribution in [0.2, 0.25) is 0 Å². The number of nitrogen functional groups attached to an aromatic ring is 1. The molecule has 0 saturated carbocycles. The van der Waals surface area contributed by atoms with E-state index >= 15 is 0 Å². The van der Waals surface area contributed by atoms with Crippen molar-refractivity contribution in [3.63, 3.8) is 0 Å². The van der Waals surface area contributed by atoms with Gasteiger partial charge in [-0.15, -0.1) is 0 Å². The van der Waals surface area contributed by atoms with Crippen LogP contribution in [0.4, 0.5) is 5.69 Å². The van der Waals surface area contributed by atoms with E-state index in [1.807, 2.05) is 6.07 Å². The molecule has 1 aromatic rings. The smallest absolute Gasteiger partial charge is 0.0662 e. The van der Waals surface area contributed by atoms with Crippen molar-refractivity contribution in [3.05, 3.63) is 24.0 Å². The molecule has 3 N–H and O–H groups in total. The van der Waals surface area contributed by atoms with Gasteiger partial charge >= 0.3 is 0 Å². The zero-order valence-electron chi connectivity index (χ0n) is 7.36. The molecule has 1 unspecified atom stereocenters. The maximum atomic E-state index is 5.79. The van der Waals surface area contributed by atoms with Crippen LogP contribution in [0.1, 0.15) is 11.6 Å². The normalized spacial score (nSPS) is 22.9. The molecule has 2 rings (SSSR count). The summed E-state index contributed by atoms with van der Waals surface area (Å²) >= 11 is 0. The zero-order chi connectivity index (χ0) is 9.10. The Hall–Kier alpha value is -1.13. The maximum Gasteiger partial charge on any atom is 0.0662 e. The zero-order valence-corrected chi connectivity index (χ0v) is 7.36. The largest absolute Gasteiger partial charge is 0.397 e. The quantitative estimate of drug-likeness (QED) is 0.652. The number of nitrogens with one attached hydrogen (secondary N) is 1. The molecule has 1 saturated heterocycles. The number of pyridine rings is 1. The summed E-state index contributed by atoms with van der Waals surface area (Å²) in [7, 11) is 0. The molecule has 0 aliphatic carbocycles. The molecule has 13 heavy (non-hydrogen) atoms. The summed E-state index contributed by atoms with van der Waals surface area (Å²) in [5.41, 5.74) is 7.60. The SMILES string of the molecule is Nc1cnccc1C1COCCN1. The van der Waals surface area contributed by atoms with Crippen LogP contribution < -0.4 is 11.1 Å². The van der Waals surface area contributed by atoms with Crippen molar-refractivity contribution in [2.24, 2.45) is 0 Å². The van der Waals surface area contributed by atoms with Crippen LogP contribution in [-0.4, -0.2) is 24.7 Å². The molecule has 70 valence electrons. The van der Waals surface area contributed by atoms with Gasteiger partial charge in [-0.05, 0) is 11.6 Å². The van der Waals surface area contributed by atoms with Crippen LogP contribution in [0.3, 0.4) is 0 Å². The molecule has 4 heteroatoms. The molecule has 1 aliphatic rings. The van der Waals surface area contributed by atoms with E-state index in [9.17, 15) is 0 Å². The Bertz CT molecular complexity index is 284. The van der Waals surface area contributed by atoms with Crippen LogP contribution >= 0.6 is 0 Å². The summed E-state index contributed by atoms with van der Waals surface area (Å²) in [6.07, 6.45) is 3.42. The Labute approximate surface area is 77.1 Å². The Balaban J connectivity index is 2.18. The number of hydrogen-bond acceptors (Lipinski definition) is 4. The average molecular weight is 179 g/mol. The van der Waals surface area contributed by atoms with E-state index in [1.54, 1.807) is 12.4 Å². The van der Waals surface area contributed by atoms with Gasteiger partial charge in [0.05, 0.1) is 31.1 Å². The number of aromatic nitrogens is 1. The first-order valence-corrected chi connectivity index (χ1v) is 4.38. The summed E-state index contributed by atoms with van der Waals surface area (Å²) in [6, 6.07) is 2.15. The fourth-order valence-electron chi connectivity index (χ4n) is 1.50. The highest BCUT2D eigenvalue weighted by Gasteiger charge is 2.16. The topological polar surface area (TPSA) is 60.2 Å². The van der Waals surface area contributed by atoms with Gasteiger partial charge in [-0.1, -0.05) is 0 Å². The van der Waals surface area contributed by atoms with Crippen molar-refractivity contribution in [2.75, 3.05) is 25.5 Å². The summed E-state index contributed by atoms with van der Waals surface area (Å²) in [4.78, 5) is 3.95. The number of nitrogens with zero attached hydrogens (tertiary/aromatic N) is 1. The Morgan fingerprint density at radius 2 is 2.54 bits per heavy atom. The lowest BCUT2D eigenvalue weighted by atomic mass is 10.1. The lowest BCUT2D eigenvalue weighted by Gasteiger charge is -2.24. The van der Waals surface area contributed by atoms with Gasteiger partial charge in [0.2, 0.25) is 0 Å². The number of hydrogen-bond donors (Lipinski definition) is 2. The molecule has 0 radical (unpaired) electrons. The first-order chi connectivity index (χ1) is 6.38. The number of anilines is 1.